The topological polar surface area (TPSA) is 52.6 Å². The van der Waals surface area contributed by atoms with Gasteiger partial charge in [-0.2, -0.15) is 0 Å². The van der Waals surface area contributed by atoms with Crippen LogP contribution in [-0.4, -0.2) is 11.9 Å². The van der Waals surface area contributed by atoms with Crippen LogP contribution >= 0.6 is 0 Å². The maximum atomic E-state index is 11.4. The van der Waals surface area contributed by atoms with E-state index >= 15 is 0 Å². The lowest BCUT2D eigenvalue weighted by molar-refractivity contribution is -0.132. The molecule has 2 aromatic rings. The van der Waals surface area contributed by atoms with Gasteiger partial charge in [-0.15, -0.1) is 0 Å². The molecule has 0 atom stereocenters. The van der Waals surface area contributed by atoms with Gasteiger partial charge in [0, 0.05) is 13.8 Å². The van der Waals surface area contributed by atoms with E-state index in [1.54, 1.807) is 0 Å². The molecule has 0 aliphatic rings. The Balaban J connectivity index is 1.97. The van der Waals surface area contributed by atoms with Crippen LogP contribution in [0.2, 0.25) is 0 Å². The van der Waals surface area contributed by atoms with Crippen molar-refractivity contribution in [2.24, 2.45) is 0 Å². The lowest BCUT2D eigenvalue weighted by atomic mass is 9.96. The molecule has 0 N–H and O–H groups in total. The van der Waals surface area contributed by atoms with Crippen molar-refractivity contribution >= 4 is 24.1 Å². The van der Waals surface area contributed by atoms with E-state index in [2.05, 4.69) is 114 Å². The third kappa shape index (κ3) is 12.7. The van der Waals surface area contributed by atoms with Gasteiger partial charge in [-0.1, -0.05) is 107 Å². The highest BCUT2D eigenvalue weighted by molar-refractivity contribution is 5.73. The Morgan fingerprint density at radius 1 is 0.458 bits per heavy atom. The quantitative estimate of drug-likeness (QED) is 0.131. The molecule has 4 heteroatoms. The fraction of sp³-hybridized carbons (Fsp3) is 0.273. The van der Waals surface area contributed by atoms with Crippen molar-refractivity contribution in [3.8, 4) is 11.5 Å². The average Bonchev–Trinajstić information content (AvgIpc) is 3.00. The summed E-state index contributed by atoms with van der Waals surface area (Å²) in [6, 6.07) is 3.85. The van der Waals surface area contributed by atoms with E-state index in [1.807, 2.05) is 52.0 Å². The van der Waals surface area contributed by atoms with Crippen LogP contribution in [0.25, 0.3) is 12.2 Å². The zero-order valence-electron chi connectivity index (χ0n) is 30.9. The van der Waals surface area contributed by atoms with Crippen molar-refractivity contribution in [3.05, 3.63) is 152 Å². The molecule has 0 bridgehead atoms. The highest BCUT2D eigenvalue weighted by Gasteiger charge is 2.12. The van der Waals surface area contributed by atoms with Crippen molar-refractivity contribution < 1.29 is 19.1 Å². The standard InChI is InChI=1S/C44H52O4/c1-29(19-15-21-31(3)23-25-41-33(5)27-43(47-39(11)45)37(9)35(41)7)17-13-14-18-30(2)20-16-22-32(4)24-26-42-34(6)28-44(48-40(12)46)38(10)36(42)8/h13-28H,1-12H3/b14-13+,19-15+,20-16+,25-23+,26-24+,29-17+,30-18+,31-21+,32-22+. The number of carbonyl (C=O) groups is 2. The number of ether oxygens (including phenoxy) is 2. The molecule has 252 valence electrons. The number of hydrogen-bond donors (Lipinski definition) is 0. The van der Waals surface area contributed by atoms with Crippen molar-refractivity contribution in [2.45, 2.75) is 83.1 Å². The third-order valence-corrected chi connectivity index (χ3v) is 8.02. The summed E-state index contributed by atoms with van der Waals surface area (Å²) < 4.78 is 10.7. The molecule has 0 fully saturated rings. The van der Waals surface area contributed by atoms with Gasteiger partial charge < -0.3 is 9.47 Å². The number of benzene rings is 2. The Kier molecular flexibility index (Phi) is 15.5. The smallest absolute Gasteiger partial charge is 0.308 e. The van der Waals surface area contributed by atoms with Crippen LogP contribution < -0.4 is 9.47 Å². The molecule has 0 spiro atoms. The van der Waals surface area contributed by atoms with E-state index in [9.17, 15) is 9.59 Å². The number of carbonyl (C=O) groups excluding carboxylic acids is 2. The lowest BCUT2D eigenvalue weighted by Crippen LogP contribution is -2.05. The Hall–Kier alpha value is -4.96. The van der Waals surface area contributed by atoms with Gasteiger partial charge in [-0.05, 0) is 126 Å². The van der Waals surface area contributed by atoms with Gasteiger partial charge >= 0.3 is 11.9 Å². The molecule has 0 aliphatic carbocycles. The fourth-order valence-corrected chi connectivity index (χ4v) is 4.93. The zero-order valence-corrected chi connectivity index (χ0v) is 30.9. The first-order valence-electron chi connectivity index (χ1n) is 16.3. The van der Waals surface area contributed by atoms with Crippen LogP contribution in [0, 0.1) is 41.5 Å². The normalized spacial score (nSPS) is 13.7. The minimum absolute atomic E-state index is 0.307. The highest BCUT2D eigenvalue weighted by atomic mass is 16.5. The molecule has 48 heavy (non-hydrogen) atoms. The van der Waals surface area contributed by atoms with Crippen molar-refractivity contribution in [3.63, 3.8) is 0 Å². The fourth-order valence-electron chi connectivity index (χ4n) is 4.93. The minimum Gasteiger partial charge on any atom is -0.426 e. The largest absolute Gasteiger partial charge is 0.426 e. The first-order valence-corrected chi connectivity index (χ1v) is 16.3. The highest BCUT2D eigenvalue weighted by Crippen LogP contribution is 2.30. The molecule has 0 aromatic heterocycles. The first kappa shape index (κ1) is 39.2. The second-order valence-electron chi connectivity index (χ2n) is 12.3. The predicted octanol–water partition coefficient (Wildman–Crippen LogP) is 11.6. The Morgan fingerprint density at radius 2 is 0.771 bits per heavy atom. The Bertz CT molecular complexity index is 1660. The van der Waals surface area contributed by atoms with Crippen LogP contribution in [0.3, 0.4) is 0 Å². The van der Waals surface area contributed by atoms with E-state index in [4.69, 9.17) is 9.47 Å². The van der Waals surface area contributed by atoms with Crippen molar-refractivity contribution in [1.82, 2.24) is 0 Å². The van der Waals surface area contributed by atoms with Crippen LogP contribution in [0.15, 0.2) is 107 Å². The zero-order chi connectivity index (χ0) is 36.0. The first-order chi connectivity index (χ1) is 22.6. The lowest BCUT2D eigenvalue weighted by Gasteiger charge is -2.14. The van der Waals surface area contributed by atoms with Crippen LogP contribution in [-0.2, 0) is 9.59 Å². The van der Waals surface area contributed by atoms with Gasteiger partial charge in [0.15, 0.2) is 0 Å². The Morgan fingerprint density at radius 3 is 1.10 bits per heavy atom. The second kappa shape index (κ2) is 19.0. The summed E-state index contributed by atoms with van der Waals surface area (Å²) in [4.78, 5) is 22.8. The molecule has 2 aromatic carbocycles. The minimum atomic E-state index is -0.307. The summed E-state index contributed by atoms with van der Waals surface area (Å²) in [5.74, 6) is 0.634. The van der Waals surface area contributed by atoms with E-state index in [0.29, 0.717) is 11.5 Å². The molecule has 0 saturated carbocycles. The molecule has 0 heterocycles. The van der Waals surface area contributed by atoms with Gasteiger partial charge in [0.25, 0.3) is 0 Å². The van der Waals surface area contributed by atoms with E-state index in [1.165, 1.54) is 13.8 Å². The van der Waals surface area contributed by atoms with Gasteiger partial charge in [0.1, 0.15) is 11.5 Å². The number of rotatable bonds is 12. The summed E-state index contributed by atoms with van der Waals surface area (Å²) in [6.07, 6.45) is 29.2. The number of aryl methyl sites for hydroxylation is 2. The maximum Gasteiger partial charge on any atom is 0.308 e. The number of esters is 2. The molecule has 0 unspecified atom stereocenters. The summed E-state index contributed by atoms with van der Waals surface area (Å²) in [6.45, 7) is 23.3. The molecule has 0 aliphatic heterocycles. The molecule has 4 nitrogen and oxygen atoms in total. The molecule has 0 amide bonds. The third-order valence-electron chi connectivity index (χ3n) is 8.02. The Labute approximate surface area is 289 Å². The predicted molar refractivity (Wildman–Crippen MR) is 204 cm³/mol. The average molecular weight is 645 g/mol. The summed E-state index contributed by atoms with van der Waals surface area (Å²) in [5.41, 5.74) is 13.2. The van der Waals surface area contributed by atoms with Crippen LogP contribution in [0.4, 0.5) is 0 Å². The monoisotopic (exact) mass is 644 g/mol. The molecule has 2 rings (SSSR count). The van der Waals surface area contributed by atoms with Gasteiger partial charge in [0.05, 0.1) is 0 Å². The summed E-state index contributed by atoms with van der Waals surface area (Å²) in [5, 5.41) is 0. The van der Waals surface area contributed by atoms with Gasteiger partial charge in [0.2, 0.25) is 0 Å². The van der Waals surface area contributed by atoms with E-state index in [0.717, 1.165) is 66.8 Å². The van der Waals surface area contributed by atoms with Crippen LogP contribution in [0.5, 0.6) is 11.5 Å². The van der Waals surface area contributed by atoms with E-state index < -0.39 is 0 Å². The maximum absolute atomic E-state index is 11.4. The summed E-state index contributed by atoms with van der Waals surface area (Å²) >= 11 is 0. The molecular formula is C44H52O4. The molecular weight excluding hydrogens is 592 g/mol. The van der Waals surface area contributed by atoms with Crippen molar-refractivity contribution in [2.75, 3.05) is 0 Å². The second-order valence-corrected chi connectivity index (χ2v) is 12.3. The number of hydrogen-bond acceptors (Lipinski definition) is 4. The van der Waals surface area contributed by atoms with Gasteiger partial charge in [-0.25, -0.2) is 0 Å². The molecule has 0 radical (unpaired) electrons. The number of allylic oxidation sites excluding steroid dienone is 16. The van der Waals surface area contributed by atoms with Crippen LogP contribution in [0.1, 0.15) is 86.1 Å². The molecule has 0 saturated heterocycles. The van der Waals surface area contributed by atoms with E-state index in [-0.39, 0.29) is 11.9 Å². The van der Waals surface area contributed by atoms with Gasteiger partial charge in [-0.3, -0.25) is 9.59 Å². The SMILES string of the molecule is CC(=O)Oc1cc(C)c(/C=C/C(C)=C/C=C/C(C)=C/C=C/C=C(C)/C=C/C=C(C)/C=C/c2c(C)cc(OC(C)=O)c(C)c2C)c(C)c1C. The summed E-state index contributed by atoms with van der Waals surface area (Å²) in [7, 11) is 0. The van der Waals surface area contributed by atoms with Crippen molar-refractivity contribution in [1.29, 1.82) is 0 Å².